The minimum Gasteiger partial charge on any atom is -0.367 e. The Morgan fingerprint density at radius 1 is 1.21 bits per heavy atom. The summed E-state index contributed by atoms with van der Waals surface area (Å²) in [6.07, 6.45) is 2.40. The van der Waals surface area contributed by atoms with E-state index in [1.165, 1.54) is 10.6 Å². The standard InChI is InChI=1S/C24H23ClFN5O3/c1-13-11-29(8-9-30(13)24(34)14-2-3-14)19-6-4-15(22(26)16(19)12-32)18-5-7-20-17(25)10-21(23(27)33)31(20)28-18/h4-7,10,12-14H,2-3,8-9,11H2,1H3,(H2,27,33). The van der Waals surface area contributed by atoms with Crippen LogP contribution in [0.15, 0.2) is 30.3 Å². The van der Waals surface area contributed by atoms with Crippen molar-refractivity contribution in [3.63, 3.8) is 0 Å². The molecule has 34 heavy (non-hydrogen) atoms. The van der Waals surface area contributed by atoms with Gasteiger partial charge in [0, 0.05) is 37.2 Å². The van der Waals surface area contributed by atoms with Gasteiger partial charge >= 0.3 is 0 Å². The molecule has 0 bridgehead atoms. The molecular formula is C24H23ClFN5O3. The van der Waals surface area contributed by atoms with Gasteiger partial charge in [0.25, 0.3) is 5.91 Å². The summed E-state index contributed by atoms with van der Waals surface area (Å²) in [5, 5.41) is 4.64. The molecule has 1 aliphatic carbocycles. The number of primary amides is 1. The Morgan fingerprint density at radius 3 is 2.62 bits per heavy atom. The molecule has 1 aromatic carbocycles. The van der Waals surface area contributed by atoms with Crippen molar-refractivity contribution in [1.82, 2.24) is 14.5 Å². The van der Waals surface area contributed by atoms with E-state index < -0.39 is 11.7 Å². The van der Waals surface area contributed by atoms with Gasteiger partial charge in [0.2, 0.25) is 5.91 Å². The molecule has 2 amide bonds. The maximum atomic E-state index is 15.6. The summed E-state index contributed by atoms with van der Waals surface area (Å²) in [4.78, 5) is 40.0. The highest BCUT2D eigenvalue weighted by Gasteiger charge is 2.37. The zero-order chi connectivity index (χ0) is 24.1. The van der Waals surface area contributed by atoms with Crippen molar-refractivity contribution in [2.75, 3.05) is 24.5 Å². The Bertz CT molecular complexity index is 1340. The monoisotopic (exact) mass is 483 g/mol. The number of fused-ring (bicyclic) bond motifs is 1. The van der Waals surface area contributed by atoms with Crippen molar-refractivity contribution in [3.05, 3.63) is 52.4 Å². The summed E-state index contributed by atoms with van der Waals surface area (Å²) in [5.74, 6) is -1.09. The Hall–Kier alpha value is -3.46. The van der Waals surface area contributed by atoms with E-state index in [9.17, 15) is 14.4 Å². The number of benzene rings is 1. The highest BCUT2D eigenvalue weighted by molar-refractivity contribution is 6.34. The second kappa shape index (κ2) is 8.39. The minimum absolute atomic E-state index is 0.0427. The molecule has 1 unspecified atom stereocenters. The first-order chi connectivity index (χ1) is 16.3. The van der Waals surface area contributed by atoms with E-state index in [2.05, 4.69) is 5.10 Å². The number of amides is 2. The van der Waals surface area contributed by atoms with Crippen molar-refractivity contribution < 1.29 is 18.8 Å². The topological polar surface area (TPSA) is 101 Å². The number of carbonyl (C=O) groups excluding carboxylic acids is 3. The molecule has 1 aliphatic heterocycles. The number of nitrogens with two attached hydrogens (primary N) is 1. The van der Waals surface area contributed by atoms with Crippen molar-refractivity contribution in [2.45, 2.75) is 25.8 Å². The van der Waals surface area contributed by atoms with E-state index in [0.717, 1.165) is 12.8 Å². The van der Waals surface area contributed by atoms with Crippen LogP contribution < -0.4 is 10.6 Å². The molecule has 8 nitrogen and oxygen atoms in total. The molecule has 3 aromatic rings. The van der Waals surface area contributed by atoms with Gasteiger partial charge in [-0.15, -0.1) is 0 Å². The highest BCUT2D eigenvalue weighted by Crippen LogP contribution is 2.35. The molecule has 2 aromatic heterocycles. The smallest absolute Gasteiger partial charge is 0.267 e. The average Bonchev–Trinajstić information content (AvgIpc) is 3.61. The second-order valence-corrected chi connectivity index (χ2v) is 9.24. The second-order valence-electron chi connectivity index (χ2n) is 8.84. The molecule has 1 atom stereocenters. The van der Waals surface area contributed by atoms with Crippen molar-refractivity contribution in [3.8, 4) is 11.3 Å². The van der Waals surface area contributed by atoms with Crippen LogP contribution in [0.4, 0.5) is 10.1 Å². The lowest BCUT2D eigenvalue weighted by molar-refractivity contribution is -0.134. The summed E-state index contributed by atoms with van der Waals surface area (Å²) >= 11 is 6.15. The van der Waals surface area contributed by atoms with Crippen molar-refractivity contribution in [1.29, 1.82) is 0 Å². The fourth-order valence-electron chi connectivity index (χ4n) is 4.60. The summed E-state index contributed by atoms with van der Waals surface area (Å²) in [6.45, 7) is 3.51. The fraction of sp³-hybridized carbons (Fsp3) is 0.333. The SMILES string of the molecule is CC1CN(c2ccc(-c3ccc4c(Cl)cc(C(N)=O)n4n3)c(F)c2C=O)CCN1C(=O)C1CC1. The Labute approximate surface area is 200 Å². The number of aldehydes is 1. The maximum absolute atomic E-state index is 15.6. The van der Waals surface area contributed by atoms with Crippen LogP contribution in [0.2, 0.25) is 5.02 Å². The van der Waals surface area contributed by atoms with Gasteiger partial charge in [-0.3, -0.25) is 14.4 Å². The average molecular weight is 484 g/mol. The fourth-order valence-corrected chi connectivity index (χ4v) is 4.85. The first kappa shape index (κ1) is 22.3. The minimum atomic E-state index is -0.718. The summed E-state index contributed by atoms with van der Waals surface area (Å²) < 4.78 is 16.8. The number of carbonyl (C=O) groups is 3. The molecule has 1 saturated heterocycles. The molecule has 176 valence electrons. The van der Waals surface area contributed by atoms with Gasteiger partial charge in [0.15, 0.2) is 6.29 Å². The van der Waals surface area contributed by atoms with Crippen LogP contribution in [0, 0.1) is 11.7 Å². The van der Waals surface area contributed by atoms with E-state index in [4.69, 9.17) is 17.3 Å². The summed E-state index contributed by atoms with van der Waals surface area (Å²) in [6, 6.07) is 7.80. The number of rotatable bonds is 5. The number of hydrogen-bond acceptors (Lipinski definition) is 5. The van der Waals surface area contributed by atoms with Crippen molar-refractivity contribution >= 4 is 40.9 Å². The summed E-state index contributed by atoms with van der Waals surface area (Å²) in [5.41, 5.74) is 6.68. The predicted octanol–water partition coefficient (Wildman–Crippen LogP) is 3.15. The molecular weight excluding hydrogens is 461 g/mol. The Balaban J connectivity index is 1.48. The third-order valence-electron chi connectivity index (χ3n) is 6.55. The van der Waals surface area contributed by atoms with Gasteiger partial charge in [0.05, 0.1) is 27.5 Å². The molecule has 3 heterocycles. The van der Waals surface area contributed by atoms with Crippen LogP contribution in [0.25, 0.3) is 16.8 Å². The predicted molar refractivity (Wildman–Crippen MR) is 126 cm³/mol. The molecule has 2 fully saturated rings. The first-order valence-electron chi connectivity index (χ1n) is 11.1. The highest BCUT2D eigenvalue weighted by atomic mass is 35.5. The molecule has 10 heteroatoms. The zero-order valence-corrected chi connectivity index (χ0v) is 19.3. The van der Waals surface area contributed by atoms with E-state index in [1.807, 2.05) is 16.7 Å². The molecule has 2 N–H and O–H groups in total. The molecule has 5 rings (SSSR count). The van der Waals surface area contributed by atoms with Crippen LogP contribution >= 0.6 is 11.6 Å². The van der Waals surface area contributed by atoms with E-state index in [1.54, 1.807) is 24.3 Å². The number of hydrogen-bond donors (Lipinski definition) is 1. The van der Waals surface area contributed by atoms with Crippen LogP contribution in [0.5, 0.6) is 0 Å². The third kappa shape index (κ3) is 3.69. The largest absolute Gasteiger partial charge is 0.367 e. The number of anilines is 1. The van der Waals surface area contributed by atoms with Gasteiger partial charge < -0.3 is 15.5 Å². The lowest BCUT2D eigenvalue weighted by atomic mass is 10.0. The van der Waals surface area contributed by atoms with Gasteiger partial charge in [-0.25, -0.2) is 8.91 Å². The van der Waals surface area contributed by atoms with Gasteiger partial charge in [-0.2, -0.15) is 5.10 Å². The van der Waals surface area contributed by atoms with E-state index >= 15 is 4.39 Å². The van der Waals surface area contributed by atoms with Crippen LogP contribution in [-0.4, -0.2) is 58.3 Å². The lowest BCUT2D eigenvalue weighted by Gasteiger charge is -2.41. The van der Waals surface area contributed by atoms with Gasteiger partial charge in [-0.05, 0) is 50.1 Å². The number of piperazine rings is 1. The van der Waals surface area contributed by atoms with E-state index in [-0.39, 0.29) is 40.4 Å². The molecule has 1 saturated carbocycles. The van der Waals surface area contributed by atoms with Crippen LogP contribution in [0.1, 0.15) is 40.6 Å². The summed E-state index contributed by atoms with van der Waals surface area (Å²) in [7, 11) is 0. The third-order valence-corrected chi connectivity index (χ3v) is 6.85. The first-order valence-corrected chi connectivity index (χ1v) is 11.5. The molecule has 0 spiro atoms. The number of aromatic nitrogens is 2. The zero-order valence-electron chi connectivity index (χ0n) is 18.5. The van der Waals surface area contributed by atoms with Crippen LogP contribution in [-0.2, 0) is 4.79 Å². The van der Waals surface area contributed by atoms with Crippen molar-refractivity contribution in [2.24, 2.45) is 11.7 Å². The number of nitrogens with zero attached hydrogens (tertiary/aromatic N) is 4. The van der Waals surface area contributed by atoms with Crippen LogP contribution in [0.3, 0.4) is 0 Å². The molecule has 0 radical (unpaired) electrons. The normalized spacial score (nSPS) is 18.4. The van der Waals surface area contributed by atoms with Gasteiger partial charge in [0.1, 0.15) is 11.5 Å². The Morgan fingerprint density at radius 2 is 1.97 bits per heavy atom. The van der Waals surface area contributed by atoms with Gasteiger partial charge in [-0.1, -0.05) is 11.6 Å². The maximum Gasteiger partial charge on any atom is 0.267 e. The van der Waals surface area contributed by atoms with E-state index in [0.29, 0.717) is 42.1 Å². The Kier molecular flexibility index (Phi) is 5.51. The molecule has 2 aliphatic rings. The quantitative estimate of drug-likeness (QED) is 0.562. The number of halogens is 2. The lowest BCUT2D eigenvalue weighted by Crippen LogP contribution is -2.54.